The number of anilines is 2. The van der Waals surface area contributed by atoms with Crippen LogP contribution in [0.15, 0.2) is 18.2 Å². The molecular formula is C14H23N3O. The molecule has 18 heavy (non-hydrogen) atoms. The van der Waals surface area contributed by atoms with Crippen molar-refractivity contribution in [1.29, 1.82) is 0 Å². The van der Waals surface area contributed by atoms with Crippen LogP contribution in [-0.2, 0) is 0 Å². The summed E-state index contributed by atoms with van der Waals surface area (Å²) in [5, 5.41) is 0. The first kappa shape index (κ1) is 14.4. The normalized spacial score (nSPS) is 10.2. The van der Waals surface area contributed by atoms with Crippen molar-refractivity contribution >= 4 is 17.3 Å². The molecule has 0 aromatic heterocycles. The first-order valence-electron chi connectivity index (χ1n) is 6.29. The van der Waals surface area contributed by atoms with Gasteiger partial charge in [0.15, 0.2) is 0 Å². The number of carbonyl (C=O) groups is 1. The van der Waals surface area contributed by atoms with Crippen LogP contribution in [0, 0.1) is 0 Å². The van der Waals surface area contributed by atoms with Crippen LogP contribution in [0.2, 0.25) is 0 Å². The highest BCUT2D eigenvalue weighted by molar-refractivity contribution is 5.95. The molecule has 1 rings (SSSR count). The van der Waals surface area contributed by atoms with Crippen LogP contribution in [0.5, 0.6) is 0 Å². The summed E-state index contributed by atoms with van der Waals surface area (Å²) in [6.07, 6.45) is 2.29. The van der Waals surface area contributed by atoms with Crippen LogP contribution in [0.1, 0.15) is 30.1 Å². The van der Waals surface area contributed by atoms with E-state index in [1.807, 2.05) is 19.2 Å². The lowest BCUT2D eigenvalue weighted by Gasteiger charge is -2.21. The van der Waals surface area contributed by atoms with Crippen LogP contribution in [0.4, 0.5) is 11.4 Å². The fourth-order valence-corrected chi connectivity index (χ4v) is 1.81. The average molecular weight is 249 g/mol. The van der Waals surface area contributed by atoms with Gasteiger partial charge in [-0.25, -0.2) is 0 Å². The van der Waals surface area contributed by atoms with Gasteiger partial charge in [-0.05, 0) is 24.6 Å². The standard InChI is InChI=1S/C14H23N3O/c1-5-6-9-17(4)13-8-7-11(10-12(13)15)14(18)16(2)3/h7-8,10H,5-6,9,15H2,1-4H3. The minimum atomic E-state index is -0.0236. The molecule has 0 aliphatic heterocycles. The Balaban J connectivity index is 2.89. The van der Waals surface area contributed by atoms with Crippen LogP contribution in [-0.4, -0.2) is 38.5 Å². The van der Waals surface area contributed by atoms with Crippen LogP contribution < -0.4 is 10.6 Å². The third-order valence-electron chi connectivity index (χ3n) is 2.94. The largest absolute Gasteiger partial charge is 0.397 e. The van der Waals surface area contributed by atoms with Gasteiger partial charge in [-0.1, -0.05) is 13.3 Å². The number of nitrogens with zero attached hydrogens (tertiary/aromatic N) is 2. The molecule has 0 atom stereocenters. The van der Waals surface area contributed by atoms with E-state index < -0.39 is 0 Å². The van der Waals surface area contributed by atoms with Gasteiger partial charge in [-0.15, -0.1) is 0 Å². The predicted octanol–water partition coefficient (Wildman–Crippen LogP) is 2.21. The Morgan fingerprint density at radius 2 is 1.94 bits per heavy atom. The molecule has 4 nitrogen and oxygen atoms in total. The molecule has 1 aromatic carbocycles. The zero-order chi connectivity index (χ0) is 13.7. The first-order chi connectivity index (χ1) is 8.47. The van der Waals surface area contributed by atoms with E-state index in [9.17, 15) is 4.79 Å². The van der Waals surface area contributed by atoms with Crippen LogP contribution in [0.25, 0.3) is 0 Å². The molecule has 4 heteroatoms. The Kier molecular flexibility index (Phi) is 5.01. The number of rotatable bonds is 5. The van der Waals surface area contributed by atoms with Gasteiger partial charge >= 0.3 is 0 Å². The molecule has 0 fully saturated rings. The number of amides is 1. The predicted molar refractivity (Wildman–Crippen MR) is 77.0 cm³/mol. The number of nitrogens with two attached hydrogens (primary N) is 1. The summed E-state index contributed by atoms with van der Waals surface area (Å²) in [5.74, 6) is -0.0236. The zero-order valence-electron chi connectivity index (χ0n) is 11.7. The molecule has 0 radical (unpaired) electrons. The number of carbonyl (C=O) groups excluding carboxylic acids is 1. The van der Waals surface area contributed by atoms with Crippen molar-refractivity contribution in [2.45, 2.75) is 19.8 Å². The van der Waals surface area contributed by atoms with E-state index in [1.54, 1.807) is 25.1 Å². The number of hydrogen-bond acceptors (Lipinski definition) is 3. The quantitative estimate of drug-likeness (QED) is 0.814. The highest BCUT2D eigenvalue weighted by Crippen LogP contribution is 2.24. The Labute approximate surface area is 109 Å². The second kappa shape index (κ2) is 6.28. The number of unbranched alkanes of at least 4 members (excludes halogenated alkanes) is 1. The Bertz CT molecular complexity index is 416. The molecule has 0 saturated heterocycles. The maximum Gasteiger partial charge on any atom is 0.253 e. The van der Waals surface area contributed by atoms with Crippen molar-refractivity contribution in [3.05, 3.63) is 23.8 Å². The summed E-state index contributed by atoms with van der Waals surface area (Å²) >= 11 is 0. The summed E-state index contributed by atoms with van der Waals surface area (Å²) < 4.78 is 0. The molecule has 0 unspecified atom stereocenters. The maximum atomic E-state index is 11.8. The lowest BCUT2D eigenvalue weighted by atomic mass is 10.1. The molecular weight excluding hydrogens is 226 g/mol. The summed E-state index contributed by atoms with van der Waals surface area (Å²) in [4.78, 5) is 15.5. The Morgan fingerprint density at radius 1 is 1.28 bits per heavy atom. The lowest BCUT2D eigenvalue weighted by molar-refractivity contribution is 0.0827. The minimum Gasteiger partial charge on any atom is -0.397 e. The lowest BCUT2D eigenvalue weighted by Crippen LogP contribution is -2.23. The van der Waals surface area contributed by atoms with Gasteiger partial charge < -0.3 is 15.5 Å². The number of nitrogen functional groups attached to an aromatic ring is 1. The van der Waals surface area contributed by atoms with Crippen LogP contribution in [0.3, 0.4) is 0 Å². The van der Waals surface area contributed by atoms with Gasteiger partial charge in [-0.3, -0.25) is 4.79 Å². The fraction of sp³-hybridized carbons (Fsp3) is 0.500. The molecule has 0 aliphatic rings. The van der Waals surface area contributed by atoms with Gasteiger partial charge in [-0.2, -0.15) is 0 Å². The Hall–Kier alpha value is -1.71. The van der Waals surface area contributed by atoms with Gasteiger partial charge in [0.05, 0.1) is 11.4 Å². The highest BCUT2D eigenvalue weighted by Gasteiger charge is 2.11. The van der Waals surface area contributed by atoms with E-state index in [0.29, 0.717) is 11.3 Å². The average Bonchev–Trinajstić information content (AvgIpc) is 2.34. The monoisotopic (exact) mass is 249 g/mol. The van der Waals surface area contributed by atoms with E-state index in [-0.39, 0.29) is 5.91 Å². The van der Waals surface area contributed by atoms with Crippen molar-refractivity contribution in [2.75, 3.05) is 38.3 Å². The molecule has 0 aliphatic carbocycles. The van der Waals surface area contributed by atoms with E-state index in [2.05, 4.69) is 11.8 Å². The van der Waals surface area contributed by atoms with Crippen LogP contribution >= 0.6 is 0 Å². The van der Waals surface area contributed by atoms with Gasteiger partial charge in [0.25, 0.3) is 5.91 Å². The molecule has 1 aromatic rings. The van der Waals surface area contributed by atoms with Crippen molar-refractivity contribution in [1.82, 2.24) is 4.90 Å². The first-order valence-corrected chi connectivity index (χ1v) is 6.29. The van der Waals surface area contributed by atoms with Crippen molar-refractivity contribution in [3.8, 4) is 0 Å². The summed E-state index contributed by atoms with van der Waals surface area (Å²) in [7, 11) is 5.49. The summed E-state index contributed by atoms with van der Waals surface area (Å²) in [6.45, 7) is 3.14. The van der Waals surface area contributed by atoms with E-state index in [4.69, 9.17) is 5.73 Å². The molecule has 0 bridgehead atoms. The number of benzene rings is 1. The molecule has 1 amide bonds. The van der Waals surface area contributed by atoms with Gasteiger partial charge in [0, 0.05) is 33.3 Å². The molecule has 0 saturated carbocycles. The van der Waals surface area contributed by atoms with E-state index in [0.717, 1.165) is 25.1 Å². The van der Waals surface area contributed by atoms with Crippen molar-refractivity contribution in [2.24, 2.45) is 0 Å². The third-order valence-corrected chi connectivity index (χ3v) is 2.94. The highest BCUT2D eigenvalue weighted by atomic mass is 16.2. The van der Waals surface area contributed by atoms with Crippen molar-refractivity contribution < 1.29 is 4.79 Å². The maximum absolute atomic E-state index is 11.8. The molecule has 0 heterocycles. The molecule has 2 N–H and O–H groups in total. The minimum absolute atomic E-state index is 0.0236. The Morgan fingerprint density at radius 3 is 2.44 bits per heavy atom. The smallest absolute Gasteiger partial charge is 0.253 e. The summed E-state index contributed by atoms with van der Waals surface area (Å²) in [5.41, 5.74) is 8.29. The van der Waals surface area contributed by atoms with E-state index >= 15 is 0 Å². The SMILES string of the molecule is CCCCN(C)c1ccc(C(=O)N(C)C)cc1N. The van der Waals surface area contributed by atoms with Gasteiger partial charge in [0.2, 0.25) is 0 Å². The molecule has 100 valence electrons. The zero-order valence-corrected chi connectivity index (χ0v) is 11.7. The number of hydrogen-bond donors (Lipinski definition) is 1. The fourth-order valence-electron chi connectivity index (χ4n) is 1.81. The summed E-state index contributed by atoms with van der Waals surface area (Å²) in [6, 6.07) is 5.50. The second-order valence-corrected chi connectivity index (χ2v) is 4.75. The van der Waals surface area contributed by atoms with E-state index in [1.165, 1.54) is 0 Å². The second-order valence-electron chi connectivity index (χ2n) is 4.75. The van der Waals surface area contributed by atoms with Crippen molar-refractivity contribution in [3.63, 3.8) is 0 Å². The van der Waals surface area contributed by atoms with Gasteiger partial charge in [0.1, 0.15) is 0 Å². The third kappa shape index (κ3) is 3.39. The topological polar surface area (TPSA) is 49.6 Å². The molecule has 0 spiro atoms.